The number of carbonyl (C=O) groups is 1. The van der Waals surface area contributed by atoms with Crippen molar-refractivity contribution in [3.05, 3.63) is 34.1 Å². The molecule has 0 aliphatic rings. The molecule has 6 heteroatoms. The smallest absolute Gasteiger partial charge is 0.254 e. The number of ether oxygens (including phenoxy) is 1. The maximum Gasteiger partial charge on any atom is 0.254 e. The molecule has 100 valence electrons. The number of hydrogen-bond acceptors (Lipinski definition) is 3. The molecule has 0 aromatic heterocycles. The molecule has 1 aromatic rings. The van der Waals surface area contributed by atoms with E-state index in [2.05, 4.69) is 21.2 Å². The molecule has 0 heterocycles. The molecule has 0 bridgehead atoms. The Labute approximate surface area is 113 Å². The first-order chi connectivity index (χ1) is 8.65. The lowest BCUT2D eigenvalue weighted by atomic mass is 10.2. The standard InChI is InChI=1S/C12H15BrFNO3/c13-9-2-3-10(11(14)8-9)12(17)15-4-1-6-18-7-5-16/h2-3,8,16H,1,4-7H2,(H,15,17). The molecule has 4 nitrogen and oxygen atoms in total. The monoisotopic (exact) mass is 319 g/mol. The first kappa shape index (κ1) is 15.1. The second kappa shape index (κ2) is 8.18. The van der Waals surface area contributed by atoms with Crippen molar-refractivity contribution in [2.24, 2.45) is 0 Å². The molecule has 0 atom stereocenters. The zero-order chi connectivity index (χ0) is 13.4. The van der Waals surface area contributed by atoms with Gasteiger partial charge in [0.1, 0.15) is 5.82 Å². The second-order valence-corrected chi connectivity index (χ2v) is 4.49. The van der Waals surface area contributed by atoms with Gasteiger partial charge in [0, 0.05) is 17.6 Å². The fourth-order valence-corrected chi connectivity index (χ4v) is 1.64. The molecule has 0 radical (unpaired) electrons. The summed E-state index contributed by atoms with van der Waals surface area (Å²) in [5.41, 5.74) is 0.0227. The third-order valence-corrected chi connectivity index (χ3v) is 2.66. The topological polar surface area (TPSA) is 58.6 Å². The third kappa shape index (κ3) is 5.12. The first-order valence-electron chi connectivity index (χ1n) is 5.57. The molecule has 1 amide bonds. The van der Waals surface area contributed by atoms with Crippen LogP contribution in [0.15, 0.2) is 22.7 Å². The van der Waals surface area contributed by atoms with Crippen LogP contribution in [0.3, 0.4) is 0 Å². The van der Waals surface area contributed by atoms with E-state index in [4.69, 9.17) is 9.84 Å². The molecule has 18 heavy (non-hydrogen) atoms. The average molecular weight is 320 g/mol. The molecular formula is C12H15BrFNO3. The normalized spacial score (nSPS) is 10.4. The molecule has 0 aliphatic carbocycles. The predicted molar refractivity (Wildman–Crippen MR) is 69.0 cm³/mol. The quantitative estimate of drug-likeness (QED) is 0.752. The summed E-state index contributed by atoms with van der Waals surface area (Å²) in [6.45, 7) is 1.12. The van der Waals surface area contributed by atoms with Crippen molar-refractivity contribution >= 4 is 21.8 Å². The highest BCUT2D eigenvalue weighted by Crippen LogP contribution is 2.15. The van der Waals surface area contributed by atoms with E-state index in [0.717, 1.165) is 0 Å². The number of halogens is 2. The van der Waals surface area contributed by atoms with Gasteiger partial charge in [-0.05, 0) is 24.6 Å². The van der Waals surface area contributed by atoms with Crippen molar-refractivity contribution in [1.82, 2.24) is 5.32 Å². The number of rotatable bonds is 7. The molecule has 1 aromatic carbocycles. The third-order valence-electron chi connectivity index (χ3n) is 2.16. The minimum Gasteiger partial charge on any atom is -0.394 e. The summed E-state index contributed by atoms with van der Waals surface area (Å²) < 4.78 is 19.1. The highest BCUT2D eigenvalue weighted by atomic mass is 79.9. The van der Waals surface area contributed by atoms with Crippen LogP contribution in [0, 0.1) is 5.82 Å². The fraction of sp³-hybridized carbons (Fsp3) is 0.417. The number of benzene rings is 1. The summed E-state index contributed by atoms with van der Waals surface area (Å²) in [5.74, 6) is -0.999. The molecular weight excluding hydrogens is 305 g/mol. The number of aliphatic hydroxyl groups excluding tert-OH is 1. The van der Waals surface area contributed by atoms with Gasteiger partial charge in [-0.25, -0.2) is 4.39 Å². The lowest BCUT2D eigenvalue weighted by molar-refractivity contribution is 0.0866. The van der Waals surface area contributed by atoms with Gasteiger partial charge >= 0.3 is 0 Å². The SMILES string of the molecule is O=C(NCCCOCCO)c1ccc(Br)cc1F. The van der Waals surface area contributed by atoms with Gasteiger partial charge in [0.15, 0.2) is 0 Å². The summed E-state index contributed by atoms with van der Waals surface area (Å²) in [6, 6.07) is 4.29. The predicted octanol–water partition coefficient (Wildman–Crippen LogP) is 1.72. The Kier molecular flexibility index (Phi) is 6.85. The van der Waals surface area contributed by atoms with E-state index in [1.165, 1.54) is 12.1 Å². The molecule has 0 fully saturated rings. The van der Waals surface area contributed by atoms with Gasteiger partial charge in [0.05, 0.1) is 18.8 Å². The fourth-order valence-electron chi connectivity index (χ4n) is 1.31. The van der Waals surface area contributed by atoms with E-state index in [1.807, 2.05) is 0 Å². The lowest BCUT2D eigenvalue weighted by Gasteiger charge is -2.06. The second-order valence-electron chi connectivity index (χ2n) is 3.57. The Balaban J connectivity index is 2.32. The van der Waals surface area contributed by atoms with Crippen LogP contribution in [0.25, 0.3) is 0 Å². The summed E-state index contributed by atoms with van der Waals surface area (Å²) in [7, 11) is 0. The lowest BCUT2D eigenvalue weighted by Crippen LogP contribution is -2.26. The Morgan fingerprint density at radius 1 is 1.44 bits per heavy atom. The first-order valence-corrected chi connectivity index (χ1v) is 6.36. The molecule has 0 saturated carbocycles. The summed E-state index contributed by atoms with van der Waals surface area (Å²) in [5, 5.41) is 11.1. The number of amides is 1. The van der Waals surface area contributed by atoms with Crippen LogP contribution in [0.2, 0.25) is 0 Å². The van der Waals surface area contributed by atoms with Gasteiger partial charge in [-0.15, -0.1) is 0 Å². The van der Waals surface area contributed by atoms with Crippen LogP contribution in [0.4, 0.5) is 4.39 Å². The van der Waals surface area contributed by atoms with E-state index < -0.39 is 11.7 Å². The van der Waals surface area contributed by atoms with Crippen molar-refractivity contribution < 1.29 is 19.0 Å². The van der Waals surface area contributed by atoms with Gasteiger partial charge in [0.25, 0.3) is 5.91 Å². The van der Waals surface area contributed by atoms with E-state index in [1.54, 1.807) is 6.07 Å². The van der Waals surface area contributed by atoms with Crippen LogP contribution >= 0.6 is 15.9 Å². The van der Waals surface area contributed by atoms with Crippen molar-refractivity contribution in [2.75, 3.05) is 26.4 Å². The molecule has 2 N–H and O–H groups in total. The van der Waals surface area contributed by atoms with Crippen molar-refractivity contribution in [1.29, 1.82) is 0 Å². The van der Waals surface area contributed by atoms with Crippen LogP contribution in [-0.2, 0) is 4.74 Å². The molecule has 0 spiro atoms. The van der Waals surface area contributed by atoms with Gasteiger partial charge in [-0.2, -0.15) is 0 Å². The van der Waals surface area contributed by atoms with E-state index in [0.29, 0.717) is 24.0 Å². The van der Waals surface area contributed by atoms with E-state index in [-0.39, 0.29) is 18.8 Å². The zero-order valence-electron chi connectivity index (χ0n) is 9.79. The van der Waals surface area contributed by atoms with Crippen LogP contribution in [0.1, 0.15) is 16.8 Å². The van der Waals surface area contributed by atoms with Crippen molar-refractivity contribution in [3.63, 3.8) is 0 Å². The number of nitrogens with one attached hydrogen (secondary N) is 1. The molecule has 0 unspecified atom stereocenters. The van der Waals surface area contributed by atoms with Crippen LogP contribution in [0.5, 0.6) is 0 Å². The largest absolute Gasteiger partial charge is 0.394 e. The highest BCUT2D eigenvalue weighted by Gasteiger charge is 2.10. The highest BCUT2D eigenvalue weighted by molar-refractivity contribution is 9.10. The number of carbonyl (C=O) groups excluding carboxylic acids is 1. The number of aliphatic hydroxyl groups is 1. The van der Waals surface area contributed by atoms with Gasteiger partial charge < -0.3 is 15.2 Å². The maximum absolute atomic E-state index is 13.4. The molecule has 0 saturated heterocycles. The molecule has 0 aliphatic heterocycles. The van der Waals surface area contributed by atoms with Crippen LogP contribution in [-0.4, -0.2) is 37.4 Å². The Hall–Kier alpha value is -0.980. The number of hydrogen-bond donors (Lipinski definition) is 2. The maximum atomic E-state index is 13.4. The van der Waals surface area contributed by atoms with E-state index >= 15 is 0 Å². The Bertz CT molecular complexity index is 401. The van der Waals surface area contributed by atoms with Gasteiger partial charge in [0.2, 0.25) is 0 Å². The van der Waals surface area contributed by atoms with Crippen molar-refractivity contribution in [2.45, 2.75) is 6.42 Å². The summed E-state index contributed by atoms with van der Waals surface area (Å²) in [6.07, 6.45) is 0.615. The zero-order valence-corrected chi connectivity index (χ0v) is 11.4. The average Bonchev–Trinajstić information content (AvgIpc) is 2.33. The van der Waals surface area contributed by atoms with Crippen molar-refractivity contribution in [3.8, 4) is 0 Å². The summed E-state index contributed by atoms with van der Waals surface area (Å²) >= 11 is 3.12. The summed E-state index contributed by atoms with van der Waals surface area (Å²) in [4.78, 5) is 11.6. The minimum atomic E-state index is -0.557. The molecule has 1 rings (SSSR count). The van der Waals surface area contributed by atoms with Gasteiger partial charge in [-0.3, -0.25) is 4.79 Å². The Morgan fingerprint density at radius 3 is 2.89 bits per heavy atom. The van der Waals surface area contributed by atoms with E-state index in [9.17, 15) is 9.18 Å². The minimum absolute atomic E-state index is 0.0174. The van der Waals surface area contributed by atoms with Crippen LogP contribution < -0.4 is 5.32 Å². The van der Waals surface area contributed by atoms with Gasteiger partial charge in [-0.1, -0.05) is 15.9 Å². The Morgan fingerprint density at radius 2 is 2.22 bits per heavy atom.